The molecule has 0 saturated heterocycles. The van der Waals surface area contributed by atoms with Gasteiger partial charge in [0, 0.05) is 92.4 Å². The Hall–Kier alpha value is -9.33. The third-order valence-electron chi connectivity index (χ3n) is 14.0. The average molecular weight is 1200 g/mol. The van der Waals surface area contributed by atoms with Crippen LogP contribution in [0.4, 0.5) is 8.78 Å². The highest BCUT2D eigenvalue weighted by atomic mass is 19.1. The molecule has 4 aromatic rings. The van der Waals surface area contributed by atoms with Crippen LogP contribution in [0.25, 0.3) is 11.1 Å². The van der Waals surface area contributed by atoms with E-state index >= 15 is 4.39 Å². The first kappa shape index (κ1) is 67.5. The quantitative estimate of drug-likeness (QED) is 0.0250. The molecule has 0 saturated carbocycles. The van der Waals surface area contributed by atoms with Crippen molar-refractivity contribution in [1.82, 2.24) is 45.9 Å². The van der Waals surface area contributed by atoms with Gasteiger partial charge in [-0.1, -0.05) is 58.0 Å². The fourth-order valence-corrected chi connectivity index (χ4v) is 9.59. The van der Waals surface area contributed by atoms with E-state index in [9.17, 15) is 72.1 Å². The van der Waals surface area contributed by atoms with Crippen LogP contribution in [-0.4, -0.2) is 151 Å². The van der Waals surface area contributed by atoms with Crippen molar-refractivity contribution in [3.05, 3.63) is 126 Å². The smallest absolute Gasteiger partial charge is 0.303 e. The van der Waals surface area contributed by atoms with Gasteiger partial charge in [-0.3, -0.25) is 67.4 Å². The number of rotatable bonds is 33. The maximum absolute atomic E-state index is 15.5. The molecule has 86 heavy (non-hydrogen) atoms. The van der Waals surface area contributed by atoms with Crippen molar-refractivity contribution < 1.29 is 76.5 Å². The van der Waals surface area contributed by atoms with E-state index in [2.05, 4.69) is 31.6 Å². The van der Waals surface area contributed by atoms with E-state index in [-0.39, 0.29) is 49.9 Å². The number of primary amides is 1. The number of aliphatic hydroxyl groups excluding tert-OH is 1. The second kappa shape index (κ2) is 31.5. The van der Waals surface area contributed by atoms with Gasteiger partial charge in [-0.25, -0.2) is 8.78 Å². The van der Waals surface area contributed by atoms with E-state index in [1.54, 1.807) is 67.9 Å². The number of ketones is 2. The summed E-state index contributed by atoms with van der Waals surface area (Å²) in [5.41, 5.74) is 6.57. The number of carboxylic acid groups (broad SMARTS) is 1. The first-order valence-electron chi connectivity index (χ1n) is 27.7. The Kier molecular flexibility index (Phi) is 24.7. The van der Waals surface area contributed by atoms with E-state index in [1.165, 1.54) is 31.1 Å². The maximum Gasteiger partial charge on any atom is 0.303 e. The lowest BCUT2D eigenvalue weighted by molar-refractivity contribution is -0.141. The Balaban J connectivity index is 1.42. The summed E-state index contributed by atoms with van der Waals surface area (Å²) in [6.45, 7) is 5.77. The molecule has 0 aliphatic carbocycles. The van der Waals surface area contributed by atoms with Crippen molar-refractivity contribution >= 4 is 70.7 Å². The standard InChI is InChI=1S/C60H72F2N10O14/c1-35(26-48(75)36(2)66-50(77)27-37-19-23-64-24-20-37)57(84)69-45(30-49(63)76)59(86)68-44(58(85)65-22-9-12-47(74)43(15-18-55(82)83)67-51(78)33-72-52(79)16-17-53(72)80)21-25-71(54(81)34-73)56(60(3,4)5)46-28-39(41-29-40(61)13-14-42(41)62)32-70(46)31-38-10-7-6-8-11-38/h6-8,10-11,13-14,16-17,19-20,23-24,28-29,32,35-36,43-45,56,73H,9,12,15,18,21-22,25-27,30-31,33-34H2,1-5H3,(H2,63,76)(H,65,85)(H,66,77)(H,67,78)(H,68,86)(H,69,84)(H,82,83)/t35-,36-,43+,44-,45-,56-/m0/s1. The number of carbonyl (C=O) groups excluding carboxylic acids is 11. The molecule has 26 heteroatoms. The minimum absolute atomic E-state index is 0.0536. The van der Waals surface area contributed by atoms with Crippen molar-refractivity contribution in [3.63, 3.8) is 0 Å². The van der Waals surface area contributed by atoms with Crippen LogP contribution in [0.15, 0.2) is 97.5 Å². The highest BCUT2D eigenvalue weighted by Gasteiger charge is 2.39. The number of Topliss-reactive ketones (excluding diaryl/α,β-unsaturated/α-hetero) is 2. The summed E-state index contributed by atoms with van der Waals surface area (Å²) in [7, 11) is 0. The van der Waals surface area contributed by atoms with E-state index in [4.69, 9.17) is 5.73 Å². The Morgan fingerprint density at radius 1 is 0.733 bits per heavy atom. The van der Waals surface area contributed by atoms with E-state index in [0.29, 0.717) is 16.2 Å². The summed E-state index contributed by atoms with van der Waals surface area (Å²) in [6.07, 6.45) is 3.31. The molecule has 460 valence electrons. The number of aliphatic carboxylic acids is 1. The topological polar surface area (TPSA) is 356 Å². The molecule has 2 aromatic heterocycles. The zero-order valence-electron chi connectivity index (χ0n) is 48.3. The molecule has 24 nitrogen and oxygen atoms in total. The van der Waals surface area contributed by atoms with Crippen molar-refractivity contribution in [2.24, 2.45) is 17.1 Å². The van der Waals surface area contributed by atoms with Gasteiger partial charge in [-0.15, -0.1) is 0 Å². The summed E-state index contributed by atoms with van der Waals surface area (Å²) in [5.74, 6) is -12.9. The number of hydrogen-bond acceptors (Lipinski definition) is 14. The maximum atomic E-state index is 15.5. The summed E-state index contributed by atoms with van der Waals surface area (Å²) in [5, 5.41) is 32.4. The van der Waals surface area contributed by atoms with Crippen LogP contribution in [0.1, 0.15) is 102 Å². The molecule has 0 unspecified atom stereocenters. The molecule has 0 bridgehead atoms. The van der Waals surface area contributed by atoms with Crippen LogP contribution in [0, 0.1) is 23.0 Å². The first-order valence-corrected chi connectivity index (χ1v) is 27.7. The molecule has 1 aliphatic rings. The predicted octanol–water partition coefficient (Wildman–Crippen LogP) is 2.10. The predicted molar refractivity (Wildman–Crippen MR) is 305 cm³/mol. The molecule has 9 N–H and O–H groups in total. The van der Waals surface area contributed by atoms with Crippen LogP contribution in [0.5, 0.6) is 0 Å². The van der Waals surface area contributed by atoms with Crippen molar-refractivity contribution in [1.29, 1.82) is 0 Å². The first-order chi connectivity index (χ1) is 40.6. The summed E-state index contributed by atoms with van der Waals surface area (Å²) in [4.78, 5) is 163. The average Bonchev–Trinajstić information content (AvgIpc) is 3.43. The minimum atomic E-state index is -1.76. The molecule has 1 aliphatic heterocycles. The monoisotopic (exact) mass is 1190 g/mol. The lowest BCUT2D eigenvalue weighted by Gasteiger charge is -2.41. The lowest BCUT2D eigenvalue weighted by Crippen LogP contribution is -2.56. The number of imide groups is 1. The number of nitrogens with one attached hydrogen (secondary N) is 5. The van der Waals surface area contributed by atoms with E-state index in [1.807, 2.05) is 12.1 Å². The van der Waals surface area contributed by atoms with Gasteiger partial charge in [0.25, 0.3) is 11.8 Å². The summed E-state index contributed by atoms with van der Waals surface area (Å²) >= 11 is 0. The van der Waals surface area contributed by atoms with Gasteiger partial charge in [0.1, 0.15) is 36.9 Å². The third kappa shape index (κ3) is 20.2. The number of carbonyl (C=O) groups is 12. The van der Waals surface area contributed by atoms with E-state index in [0.717, 1.165) is 35.9 Å². The Morgan fingerprint density at radius 2 is 1.40 bits per heavy atom. The van der Waals surface area contributed by atoms with Gasteiger partial charge in [-0.2, -0.15) is 0 Å². The molecule has 0 spiro atoms. The van der Waals surface area contributed by atoms with Gasteiger partial charge in [-0.05, 0) is 79.1 Å². The van der Waals surface area contributed by atoms with Crippen LogP contribution >= 0.6 is 0 Å². The van der Waals surface area contributed by atoms with Gasteiger partial charge in [0.2, 0.25) is 41.4 Å². The molecule has 0 fully saturated rings. The van der Waals surface area contributed by atoms with Crippen LogP contribution in [0.2, 0.25) is 0 Å². The van der Waals surface area contributed by atoms with Crippen molar-refractivity contribution in [2.75, 3.05) is 26.2 Å². The number of carboxylic acids is 1. The molecular weight excluding hydrogens is 1120 g/mol. The van der Waals surface area contributed by atoms with Gasteiger partial charge in [0.05, 0.1) is 31.0 Å². The number of hydrogen-bond donors (Lipinski definition) is 8. The number of halogens is 2. The Bertz CT molecular complexity index is 3170. The minimum Gasteiger partial charge on any atom is -0.481 e. The third-order valence-corrected chi connectivity index (χ3v) is 14.0. The number of pyridine rings is 1. The molecule has 9 amide bonds. The highest BCUT2D eigenvalue weighted by Crippen LogP contribution is 2.41. The summed E-state index contributed by atoms with van der Waals surface area (Å²) < 4.78 is 31.9. The number of aliphatic hydroxyl groups is 1. The van der Waals surface area contributed by atoms with Gasteiger partial charge >= 0.3 is 5.97 Å². The molecule has 5 rings (SSSR count). The Morgan fingerprint density at radius 3 is 2.02 bits per heavy atom. The number of amides is 9. The second-order valence-electron chi connectivity index (χ2n) is 21.9. The van der Waals surface area contributed by atoms with Gasteiger partial charge in [0.15, 0.2) is 11.6 Å². The van der Waals surface area contributed by atoms with E-state index < -0.39 is 169 Å². The number of benzene rings is 2. The van der Waals surface area contributed by atoms with Crippen LogP contribution < -0.4 is 32.3 Å². The number of nitrogens with two attached hydrogens (primary N) is 1. The van der Waals surface area contributed by atoms with Crippen LogP contribution in [0.3, 0.4) is 0 Å². The fraction of sp³-hybridized carbons (Fsp3) is 0.417. The fourth-order valence-electron chi connectivity index (χ4n) is 9.59. The zero-order valence-corrected chi connectivity index (χ0v) is 48.3. The Labute approximate surface area is 494 Å². The molecule has 0 radical (unpaired) electrons. The largest absolute Gasteiger partial charge is 0.481 e. The summed E-state index contributed by atoms with van der Waals surface area (Å²) in [6, 6.07) is 9.99. The molecule has 2 aromatic carbocycles. The van der Waals surface area contributed by atoms with Crippen LogP contribution in [-0.2, 0) is 70.5 Å². The van der Waals surface area contributed by atoms with Crippen molar-refractivity contribution in [2.45, 2.75) is 123 Å². The SMILES string of the molecule is C[C@H](NC(=O)Cc1ccncc1)C(=O)C[C@H](C)C(=O)N[C@@H](CC(N)=O)C(=O)N[C@@H](CCN(C(=O)CO)[C@@H](c1cc(-c2cc(F)ccc2F)cn1Cc1ccccc1)C(C)(C)C)C(=O)NCCCC(=O)[C@@H](CCC(=O)O)NC(=O)CN1C(=O)C=CC1=O. The highest BCUT2D eigenvalue weighted by molar-refractivity contribution is 6.14. The normalized spacial score (nSPS) is 14.2. The lowest BCUT2D eigenvalue weighted by atomic mass is 9.82. The van der Waals surface area contributed by atoms with Gasteiger partial charge < -0.3 is 52.0 Å². The number of nitrogens with zero attached hydrogens (tertiary/aromatic N) is 4. The van der Waals surface area contributed by atoms with Crippen molar-refractivity contribution in [3.8, 4) is 11.1 Å². The zero-order chi connectivity index (χ0) is 63.4. The molecule has 3 heterocycles. The molecule has 6 atom stereocenters. The second-order valence-corrected chi connectivity index (χ2v) is 21.9. The number of aromatic nitrogens is 2. The molecular formula is C60H72F2N10O14.